The highest BCUT2D eigenvalue weighted by Gasteiger charge is 2.31. The van der Waals surface area contributed by atoms with E-state index in [-0.39, 0.29) is 5.75 Å². The molecule has 0 spiro atoms. The molecule has 106 valence electrons. The summed E-state index contributed by atoms with van der Waals surface area (Å²) in [5.74, 6) is 0.397. The van der Waals surface area contributed by atoms with Gasteiger partial charge in [-0.3, -0.25) is 0 Å². The molecule has 1 aliphatic rings. The molecule has 1 aliphatic heterocycles. The van der Waals surface area contributed by atoms with Crippen LogP contribution in [-0.4, -0.2) is 49.0 Å². The van der Waals surface area contributed by atoms with E-state index in [1.807, 2.05) is 0 Å². The van der Waals surface area contributed by atoms with Crippen LogP contribution >= 0.6 is 0 Å². The molecule has 2 heterocycles. The molecular formula is C12H16F3N3O. The van der Waals surface area contributed by atoms with E-state index in [0.717, 1.165) is 38.9 Å². The second kappa shape index (κ2) is 5.64. The Hall–Kier alpha value is -1.50. The monoisotopic (exact) mass is 275 g/mol. The standard InChI is InChI=1S/C12H16F3N3O/c1-2-17-5-7-18(8-6-17)11-4-3-10(9-16-11)19-12(13,14)15/h3-4,9H,2,5-8H2,1H3. The minimum atomic E-state index is -4.67. The van der Waals surface area contributed by atoms with Crippen molar-refractivity contribution in [1.82, 2.24) is 9.88 Å². The lowest BCUT2D eigenvalue weighted by atomic mass is 10.3. The quantitative estimate of drug-likeness (QED) is 0.845. The van der Waals surface area contributed by atoms with Gasteiger partial charge in [0.15, 0.2) is 0 Å². The van der Waals surface area contributed by atoms with E-state index in [0.29, 0.717) is 5.82 Å². The molecule has 0 N–H and O–H groups in total. The van der Waals surface area contributed by atoms with Crippen LogP contribution < -0.4 is 9.64 Å². The lowest BCUT2D eigenvalue weighted by Gasteiger charge is -2.34. The maximum Gasteiger partial charge on any atom is 0.573 e. The minimum Gasteiger partial charge on any atom is -0.404 e. The topological polar surface area (TPSA) is 28.6 Å². The van der Waals surface area contributed by atoms with Gasteiger partial charge >= 0.3 is 6.36 Å². The molecule has 0 amide bonds. The Labute approximate surface area is 109 Å². The highest BCUT2D eigenvalue weighted by Crippen LogP contribution is 2.23. The molecule has 0 unspecified atom stereocenters. The Morgan fingerprint density at radius 1 is 1.21 bits per heavy atom. The molecule has 0 atom stereocenters. The zero-order valence-corrected chi connectivity index (χ0v) is 10.7. The highest BCUT2D eigenvalue weighted by atomic mass is 19.4. The molecule has 2 rings (SSSR count). The fraction of sp³-hybridized carbons (Fsp3) is 0.583. The first-order valence-electron chi connectivity index (χ1n) is 6.17. The molecule has 19 heavy (non-hydrogen) atoms. The number of nitrogens with zero attached hydrogens (tertiary/aromatic N) is 3. The Morgan fingerprint density at radius 2 is 1.89 bits per heavy atom. The van der Waals surface area contributed by atoms with E-state index in [2.05, 4.69) is 26.4 Å². The molecule has 0 bridgehead atoms. The van der Waals surface area contributed by atoms with Gasteiger partial charge in [-0.25, -0.2) is 4.98 Å². The van der Waals surface area contributed by atoms with Gasteiger partial charge in [-0.2, -0.15) is 0 Å². The Morgan fingerprint density at radius 3 is 2.37 bits per heavy atom. The van der Waals surface area contributed by atoms with Gasteiger partial charge in [-0.1, -0.05) is 6.92 Å². The van der Waals surface area contributed by atoms with Crippen molar-refractivity contribution in [2.24, 2.45) is 0 Å². The molecule has 7 heteroatoms. The molecule has 1 aromatic rings. The lowest BCUT2D eigenvalue weighted by Crippen LogP contribution is -2.46. The molecule has 0 saturated carbocycles. The van der Waals surface area contributed by atoms with Crippen LogP contribution in [0, 0.1) is 0 Å². The number of alkyl halides is 3. The summed E-state index contributed by atoms with van der Waals surface area (Å²) in [6.07, 6.45) is -3.56. The Kier molecular flexibility index (Phi) is 4.14. The van der Waals surface area contributed by atoms with E-state index in [9.17, 15) is 13.2 Å². The third-order valence-corrected chi connectivity index (χ3v) is 3.10. The molecule has 1 aromatic heterocycles. The predicted octanol–water partition coefficient (Wildman–Crippen LogP) is 2.12. The number of pyridine rings is 1. The average molecular weight is 275 g/mol. The van der Waals surface area contributed by atoms with E-state index in [1.165, 1.54) is 6.07 Å². The first-order chi connectivity index (χ1) is 8.98. The third kappa shape index (κ3) is 3.99. The van der Waals surface area contributed by atoms with Crippen molar-refractivity contribution in [3.05, 3.63) is 18.3 Å². The molecular weight excluding hydrogens is 259 g/mol. The zero-order valence-electron chi connectivity index (χ0n) is 10.7. The second-order valence-corrected chi connectivity index (χ2v) is 4.32. The maximum atomic E-state index is 12.0. The summed E-state index contributed by atoms with van der Waals surface area (Å²) in [5.41, 5.74) is 0. The molecule has 4 nitrogen and oxygen atoms in total. The summed E-state index contributed by atoms with van der Waals surface area (Å²) < 4.78 is 39.8. The van der Waals surface area contributed by atoms with Crippen molar-refractivity contribution in [2.45, 2.75) is 13.3 Å². The van der Waals surface area contributed by atoms with Crippen LogP contribution in [0.1, 0.15) is 6.92 Å². The third-order valence-electron chi connectivity index (χ3n) is 3.10. The normalized spacial score (nSPS) is 17.6. The van der Waals surface area contributed by atoms with Gasteiger partial charge in [0, 0.05) is 26.2 Å². The van der Waals surface area contributed by atoms with Gasteiger partial charge in [-0.15, -0.1) is 13.2 Å². The summed E-state index contributed by atoms with van der Waals surface area (Å²) in [6, 6.07) is 2.85. The smallest absolute Gasteiger partial charge is 0.404 e. The molecule has 1 saturated heterocycles. The fourth-order valence-corrected chi connectivity index (χ4v) is 2.05. The van der Waals surface area contributed by atoms with Crippen molar-refractivity contribution in [2.75, 3.05) is 37.6 Å². The van der Waals surface area contributed by atoms with Gasteiger partial charge in [0.1, 0.15) is 11.6 Å². The maximum absolute atomic E-state index is 12.0. The first kappa shape index (κ1) is 13.9. The van der Waals surface area contributed by atoms with Crippen LogP contribution in [0.4, 0.5) is 19.0 Å². The number of rotatable bonds is 3. The number of hydrogen-bond donors (Lipinski definition) is 0. The van der Waals surface area contributed by atoms with Crippen LogP contribution in [0.3, 0.4) is 0 Å². The van der Waals surface area contributed by atoms with Crippen molar-refractivity contribution in [3.8, 4) is 5.75 Å². The van der Waals surface area contributed by atoms with Gasteiger partial charge in [0.2, 0.25) is 0 Å². The van der Waals surface area contributed by atoms with Crippen LogP contribution in [0.5, 0.6) is 5.75 Å². The van der Waals surface area contributed by atoms with Gasteiger partial charge in [-0.05, 0) is 18.7 Å². The van der Waals surface area contributed by atoms with Crippen LogP contribution in [0.25, 0.3) is 0 Å². The van der Waals surface area contributed by atoms with Crippen molar-refractivity contribution in [3.63, 3.8) is 0 Å². The van der Waals surface area contributed by atoms with E-state index < -0.39 is 6.36 Å². The predicted molar refractivity (Wildman–Crippen MR) is 65.2 cm³/mol. The van der Waals surface area contributed by atoms with Crippen molar-refractivity contribution < 1.29 is 17.9 Å². The number of ether oxygens (including phenoxy) is 1. The van der Waals surface area contributed by atoms with E-state index in [4.69, 9.17) is 0 Å². The summed E-state index contributed by atoms with van der Waals surface area (Å²) in [5, 5.41) is 0. The Bertz CT molecular complexity index is 400. The second-order valence-electron chi connectivity index (χ2n) is 4.32. The molecule has 0 aliphatic carbocycles. The molecule has 1 fully saturated rings. The van der Waals surface area contributed by atoms with Crippen LogP contribution in [-0.2, 0) is 0 Å². The van der Waals surface area contributed by atoms with Gasteiger partial charge in [0.25, 0.3) is 0 Å². The average Bonchev–Trinajstić information content (AvgIpc) is 2.38. The first-order valence-corrected chi connectivity index (χ1v) is 6.17. The minimum absolute atomic E-state index is 0.288. The number of anilines is 1. The number of likely N-dealkylation sites (N-methyl/N-ethyl adjacent to an activating group) is 1. The number of halogens is 3. The number of hydrogen-bond acceptors (Lipinski definition) is 4. The number of piperazine rings is 1. The van der Waals surface area contributed by atoms with E-state index >= 15 is 0 Å². The van der Waals surface area contributed by atoms with Crippen LogP contribution in [0.15, 0.2) is 18.3 Å². The fourth-order valence-electron chi connectivity index (χ4n) is 2.05. The highest BCUT2D eigenvalue weighted by molar-refractivity contribution is 5.41. The van der Waals surface area contributed by atoms with Crippen LogP contribution in [0.2, 0.25) is 0 Å². The largest absolute Gasteiger partial charge is 0.573 e. The summed E-state index contributed by atoms with van der Waals surface area (Å²) >= 11 is 0. The summed E-state index contributed by atoms with van der Waals surface area (Å²) in [6.45, 7) is 6.68. The number of aromatic nitrogens is 1. The summed E-state index contributed by atoms with van der Waals surface area (Å²) in [7, 11) is 0. The van der Waals surface area contributed by atoms with Gasteiger partial charge in [0.05, 0.1) is 6.20 Å². The van der Waals surface area contributed by atoms with Crippen molar-refractivity contribution >= 4 is 5.82 Å². The van der Waals surface area contributed by atoms with Crippen molar-refractivity contribution in [1.29, 1.82) is 0 Å². The SMILES string of the molecule is CCN1CCN(c2ccc(OC(F)(F)F)cn2)CC1. The van der Waals surface area contributed by atoms with Gasteiger partial charge < -0.3 is 14.5 Å². The Balaban J connectivity index is 1.95. The summed E-state index contributed by atoms with van der Waals surface area (Å²) in [4.78, 5) is 8.40. The lowest BCUT2D eigenvalue weighted by molar-refractivity contribution is -0.274. The molecule has 0 aromatic carbocycles. The zero-order chi connectivity index (χ0) is 13.9. The molecule has 0 radical (unpaired) electrons. The van der Waals surface area contributed by atoms with E-state index in [1.54, 1.807) is 6.07 Å².